The van der Waals surface area contributed by atoms with E-state index in [1.54, 1.807) is 41.5 Å². The molecule has 0 N–H and O–H groups in total. The fourth-order valence-electron chi connectivity index (χ4n) is 3.07. The topological polar surface area (TPSA) is 227 Å². The molecule has 0 saturated carbocycles. The van der Waals surface area contributed by atoms with Crippen molar-refractivity contribution in [3.63, 3.8) is 0 Å². The fraction of sp³-hybridized carbons (Fsp3) is 0.833. The van der Waals surface area contributed by atoms with Crippen LogP contribution < -0.4 is 15.3 Å². The summed E-state index contributed by atoms with van der Waals surface area (Å²) >= 11 is 0. The maximum Gasteiger partial charge on any atom is 3.00 e. The van der Waals surface area contributed by atoms with Crippen LogP contribution in [0.15, 0.2) is 0 Å². The summed E-state index contributed by atoms with van der Waals surface area (Å²) in [6.07, 6.45) is -2.01. The van der Waals surface area contributed by atoms with Crippen LogP contribution in [0.4, 0.5) is 0 Å². The number of carbonyl (C=O) groups is 6. The van der Waals surface area contributed by atoms with Crippen molar-refractivity contribution in [2.45, 2.75) is 196 Å². The second-order valence-electron chi connectivity index (χ2n) is 12.2. The fourth-order valence-corrected chi connectivity index (χ4v) is 3.07. The molecule has 0 heterocycles. The molecular formula is C36H63AlO15. The van der Waals surface area contributed by atoms with Crippen LogP contribution in [0.3, 0.4) is 0 Å². The van der Waals surface area contributed by atoms with Crippen LogP contribution in [0.25, 0.3) is 0 Å². The van der Waals surface area contributed by atoms with Crippen LogP contribution >= 0.6 is 0 Å². The third kappa shape index (κ3) is 31.3. The molecule has 0 rings (SSSR count). The molecule has 0 radical (unpaired) electrons. The van der Waals surface area contributed by atoms with Crippen LogP contribution in [-0.4, -0.2) is 108 Å². The first-order valence-corrected chi connectivity index (χ1v) is 17.8. The molecule has 0 aromatic heterocycles. The molecule has 16 heteroatoms. The quantitative estimate of drug-likeness (QED) is 0.0658. The van der Waals surface area contributed by atoms with E-state index in [1.165, 1.54) is 0 Å². The minimum absolute atomic E-state index is 0. The number of Topliss-reactive ketones (excluding diaryl/α,β-unsaturated/α-hetero) is 3. The molecule has 0 saturated heterocycles. The van der Waals surface area contributed by atoms with Gasteiger partial charge in [-0.15, -0.1) is 0 Å². The zero-order valence-electron chi connectivity index (χ0n) is 33.3. The van der Waals surface area contributed by atoms with Crippen LogP contribution in [0, 0.1) is 0 Å². The van der Waals surface area contributed by atoms with Gasteiger partial charge in [0.15, 0.2) is 17.3 Å². The zero-order chi connectivity index (χ0) is 40.3. The summed E-state index contributed by atoms with van der Waals surface area (Å²) in [4.78, 5) is 65.9. The second-order valence-corrected chi connectivity index (χ2v) is 12.2. The van der Waals surface area contributed by atoms with E-state index in [1.807, 2.05) is 41.5 Å². The van der Waals surface area contributed by atoms with Crippen LogP contribution in [0.2, 0.25) is 0 Å². The average molecular weight is 763 g/mol. The Morgan fingerprint density at radius 3 is 0.596 bits per heavy atom. The maximum absolute atomic E-state index is 11.6. The standard InChI is InChI=1S/3C12H22O5.Al/c3*1-5-8(3)16-12(17-9(4)6-2)10(13)7-11(14)15;/h3*8-9,12H,5-7H2,1-4H3,(H,14,15);/q;;;+3/p-3. The Labute approximate surface area is 320 Å². The van der Waals surface area contributed by atoms with Crippen molar-refractivity contribution in [1.82, 2.24) is 0 Å². The number of aliphatic carboxylic acids is 3. The van der Waals surface area contributed by atoms with Crippen molar-refractivity contribution in [2.75, 3.05) is 0 Å². The summed E-state index contributed by atoms with van der Waals surface area (Å²) in [5, 5.41) is 31.1. The molecule has 0 aliphatic heterocycles. The molecular weight excluding hydrogens is 699 g/mol. The molecule has 6 atom stereocenters. The van der Waals surface area contributed by atoms with Gasteiger partial charge in [0.25, 0.3) is 0 Å². The van der Waals surface area contributed by atoms with Gasteiger partial charge in [-0.05, 0) is 80.1 Å². The maximum atomic E-state index is 11.6. The predicted octanol–water partition coefficient (Wildman–Crippen LogP) is 1.57. The number of ketones is 3. The monoisotopic (exact) mass is 762 g/mol. The second kappa shape index (κ2) is 33.3. The van der Waals surface area contributed by atoms with E-state index < -0.39 is 73.4 Å². The number of hydrogen-bond acceptors (Lipinski definition) is 15. The Kier molecular flexibility index (Phi) is 36.1. The molecule has 15 nitrogen and oxygen atoms in total. The number of carbonyl (C=O) groups excluding carboxylic acids is 6. The number of ether oxygens (including phenoxy) is 6. The molecule has 0 amide bonds. The number of carboxylic acids is 3. The van der Waals surface area contributed by atoms with Crippen molar-refractivity contribution in [3.05, 3.63) is 0 Å². The van der Waals surface area contributed by atoms with Gasteiger partial charge in [-0.1, -0.05) is 41.5 Å². The smallest absolute Gasteiger partial charge is 0.550 e. The van der Waals surface area contributed by atoms with E-state index >= 15 is 0 Å². The van der Waals surface area contributed by atoms with Crippen molar-refractivity contribution < 1.29 is 72.5 Å². The normalized spacial score (nSPS) is 15.9. The molecule has 0 aliphatic carbocycles. The first kappa shape index (κ1) is 56.5. The summed E-state index contributed by atoms with van der Waals surface area (Å²) in [5.41, 5.74) is 0. The van der Waals surface area contributed by atoms with Gasteiger partial charge in [0.05, 0.1) is 55.9 Å². The van der Waals surface area contributed by atoms with Gasteiger partial charge in [-0.2, -0.15) is 0 Å². The Morgan fingerprint density at radius 2 is 0.500 bits per heavy atom. The van der Waals surface area contributed by atoms with E-state index in [0.29, 0.717) is 0 Å². The third-order valence-electron chi connectivity index (χ3n) is 7.33. The molecule has 0 spiro atoms. The van der Waals surface area contributed by atoms with E-state index in [-0.39, 0.29) is 54.0 Å². The van der Waals surface area contributed by atoms with Crippen LogP contribution in [-0.2, 0) is 57.2 Å². The summed E-state index contributed by atoms with van der Waals surface area (Å²) in [6, 6.07) is 0. The molecule has 0 bridgehead atoms. The first-order chi connectivity index (χ1) is 23.7. The third-order valence-corrected chi connectivity index (χ3v) is 7.33. The summed E-state index contributed by atoms with van der Waals surface area (Å²) < 4.78 is 32.2. The largest absolute Gasteiger partial charge is 3.00 e. The molecule has 0 fully saturated rings. The molecule has 0 aliphatic rings. The molecule has 0 aromatic rings. The van der Waals surface area contributed by atoms with Gasteiger partial charge in [-0.25, -0.2) is 0 Å². The Balaban J connectivity index is -0.000000329. The van der Waals surface area contributed by atoms with Gasteiger partial charge < -0.3 is 58.1 Å². The minimum atomic E-state index is -1.42. The average Bonchev–Trinajstić information content (AvgIpc) is 3.06. The Bertz CT molecular complexity index is 849. The molecule has 6 unspecified atom stereocenters. The van der Waals surface area contributed by atoms with Crippen molar-refractivity contribution >= 4 is 52.6 Å². The SMILES string of the molecule is CCC(C)OC(OC(C)CC)C(=O)CC(=O)[O-].CCC(C)OC(OC(C)CC)C(=O)CC(=O)[O-].CCC(C)OC(OC(C)CC)C(=O)CC(=O)[O-].[Al+3]. The van der Waals surface area contributed by atoms with Crippen molar-refractivity contribution in [3.8, 4) is 0 Å². The van der Waals surface area contributed by atoms with Crippen LogP contribution in [0.1, 0.15) is 141 Å². The number of carboxylic acid groups (broad SMARTS) is 3. The van der Waals surface area contributed by atoms with Crippen LogP contribution in [0.5, 0.6) is 0 Å². The molecule has 300 valence electrons. The first-order valence-electron chi connectivity index (χ1n) is 17.8. The Morgan fingerprint density at radius 1 is 0.365 bits per heavy atom. The van der Waals surface area contributed by atoms with Gasteiger partial charge in [-0.3, -0.25) is 14.4 Å². The van der Waals surface area contributed by atoms with E-state index in [0.717, 1.165) is 38.5 Å². The number of hydrogen-bond donors (Lipinski definition) is 0. The van der Waals surface area contributed by atoms with Gasteiger partial charge in [0, 0.05) is 17.9 Å². The van der Waals surface area contributed by atoms with E-state index in [4.69, 9.17) is 28.4 Å². The molecule has 52 heavy (non-hydrogen) atoms. The van der Waals surface area contributed by atoms with E-state index in [9.17, 15) is 44.1 Å². The van der Waals surface area contributed by atoms with Crippen molar-refractivity contribution in [1.29, 1.82) is 0 Å². The van der Waals surface area contributed by atoms with Gasteiger partial charge in [0.1, 0.15) is 0 Å². The van der Waals surface area contributed by atoms with Gasteiger partial charge >= 0.3 is 17.4 Å². The van der Waals surface area contributed by atoms with E-state index in [2.05, 4.69) is 0 Å². The summed E-state index contributed by atoms with van der Waals surface area (Å²) in [7, 11) is 0. The zero-order valence-corrected chi connectivity index (χ0v) is 34.4. The minimum Gasteiger partial charge on any atom is -0.550 e. The van der Waals surface area contributed by atoms with Gasteiger partial charge in [0.2, 0.25) is 18.9 Å². The molecule has 0 aromatic carbocycles. The van der Waals surface area contributed by atoms with Crippen molar-refractivity contribution in [2.24, 2.45) is 0 Å². The summed E-state index contributed by atoms with van der Waals surface area (Å²) in [5.74, 6) is -6.07. The predicted molar refractivity (Wildman–Crippen MR) is 186 cm³/mol. The Hall–Kier alpha value is -2.29. The summed E-state index contributed by atoms with van der Waals surface area (Å²) in [6.45, 7) is 22.3. The number of rotatable bonds is 27.